The summed E-state index contributed by atoms with van der Waals surface area (Å²) in [6, 6.07) is 20.2. The van der Waals surface area contributed by atoms with E-state index in [-0.39, 0.29) is 29.9 Å². The van der Waals surface area contributed by atoms with E-state index in [9.17, 15) is 9.59 Å². The summed E-state index contributed by atoms with van der Waals surface area (Å²) < 4.78 is 18.5. The van der Waals surface area contributed by atoms with Gasteiger partial charge < -0.3 is 14.2 Å². The minimum absolute atomic E-state index is 0.0353. The van der Waals surface area contributed by atoms with Gasteiger partial charge in [0, 0.05) is 11.1 Å². The quantitative estimate of drug-likeness (QED) is 0.0494. The first kappa shape index (κ1) is 42.4. The Morgan fingerprint density at radius 2 is 1.16 bits per heavy atom. The van der Waals surface area contributed by atoms with E-state index >= 15 is 0 Å². The number of benzene rings is 3. The molecule has 298 valence electrons. The van der Waals surface area contributed by atoms with Gasteiger partial charge in [0.15, 0.2) is 5.75 Å². The number of hydrogen-bond acceptors (Lipinski definition) is 7. The zero-order valence-electron chi connectivity index (χ0n) is 33.5. The van der Waals surface area contributed by atoms with Crippen molar-refractivity contribution in [3.63, 3.8) is 0 Å². The predicted molar refractivity (Wildman–Crippen MR) is 222 cm³/mol. The van der Waals surface area contributed by atoms with E-state index in [0.29, 0.717) is 39.6 Å². The molecule has 0 N–H and O–H groups in total. The van der Waals surface area contributed by atoms with Crippen LogP contribution in [0.1, 0.15) is 154 Å². The Labute approximate surface area is 335 Å². The molecule has 5 rings (SSSR count). The number of carbonyl (C=O) groups is 2. The van der Waals surface area contributed by atoms with Gasteiger partial charge in [-0.1, -0.05) is 102 Å². The molecule has 3 aromatic carbocycles. The summed E-state index contributed by atoms with van der Waals surface area (Å²) in [7, 11) is 0. The molecule has 3 aromatic rings. The lowest BCUT2D eigenvalue weighted by molar-refractivity contribution is -0.141. The second kappa shape index (κ2) is 22.7. The fourth-order valence-electron chi connectivity index (χ4n) is 8.08. The molecule has 2 fully saturated rings. The summed E-state index contributed by atoms with van der Waals surface area (Å²) >= 11 is 6.23. The van der Waals surface area contributed by atoms with Gasteiger partial charge in [0.05, 0.1) is 17.5 Å². The normalized spacial score (nSPS) is 20.6. The highest BCUT2D eigenvalue weighted by Crippen LogP contribution is 2.39. The summed E-state index contributed by atoms with van der Waals surface area (Å²) in [5.41, 5.74) is 2.13. The summed E-state index contributed by atoms with van der Waals surface area (Å²) in [5.74, 6) is 2.44. The van der Waals surface area contributed by atoms with Gasteiger partial charge in [-0.25, -0.2) is 0 Å². The molecule has 7 nitrogen and oxygen atoms in total. The van der Waals surface area contributed by atoms with Crippen LogP contribution in [-0.4, -0.2) is 11.9 Å². The van der Waals surface area contributed by atoms with Gasteiger partial charge in [-0.05, 0) is 130 Å². The minimum atomic E-state index is -0.259. The van der Waals surface area contributed by atoms with Crippen LogP contribution >= 0.6 is 11.6 Å². The van der Waals surface area contributed by atoms with Gasteiger partial charge in [-0.2, -0.15) is 5.11 Å². The SMILES string of the molecule is CCCCCC1CCC(C(=O)Oc2ccc(N=Nc3ccc(OC(=O)C4CCC(CCCCC)CC4)cc3OC(CCCC)c3ccc(Cl)cc3)cc2)CC1. The first-order valence-electron chi connectivity index (χ1n) is 21.4. The topological polar surface area (TPSA) is 86.5 Å². The lowest BCUT2D eigenvalue weighted by atomic mass is 9.80. The summed E-state index contributed by atoms with van der Waals surface area (Å²) in [6.45, 7) is 6.63. The number of ether oxygens (including phenoxy) is 3. The van der Waals surface area contributed by atoms with Crippen molar-refractivity contribution >= 4 is 34.9 Å². The fourth-order valence-corrected chi connectivity index (χ4v) is 8.21. The average Bonchev–Trinajstić information content (AvgIpc) is 3.20. The van der Waals surface area contributed by atoms with Crippen molar-refractivity contribution < 1.29 is 23.8 Å². The molecule has 0 heterocycles. The molecule has 0 radical (unpaired) electrons. The van der Waals surface area contributed by atoms with Crippen molar-refractivity contribution in [1.29, 1.82) is 0 Å². The van der Waals surface area contributed by atoms with E-state index in [1.807, 2.05) is 24.3 Å². The maximum absolute atomic E-state index is 13.4. The summed E-state index contributed by atoms with van der Waals surface area (Å²) in [4.78, 5) is 26.3. The Kier molecular flexibility index (Phi) is 17.5. The second-order valence-electron chi connectivity index (χ2n) is 15.9. The zero-order chi connectivity index (χ0) is 38.8. The third kappa shape index (κ3) is 13.8. The van der Waals surface area contributed by atoms with Crippen molar-refractivity contribution in [2.24, 2.45) is 33.9 Å². The predicted octanol–water partition coefficient (Wildman–Crippen LogP) is 14.6. The number of hydrogen-bond donors (Lipinski definition) is 0. The van der Waals surface area contributed by atoms with Crippen molar-refractivity contribution in [1.82, 2.24) is 0 Å². The molecule has 1 unspecified atom stereocenters. The maximum Gasteiger partial charge on any atom is 0.314 e. The number of azo groups is 1. The van der Waals surface area contributed by atoms with Gasteiger partial charge in [-0.3, -0.25) is 9.59 Å². The molecule has 8 heteroatoms. The number of nitrogens with zero attached hydrogens (tertiary/aromatic N) is 2. The number of carbonyl (C=O) groups excluding carboxylic acids is 2. The summed E-state index contributed by atoms with van der Waals surface area (Å²) in [6.07, 6.45) is 20.6. The molecule has 0 aromatic heterocycles. The second-order valence-corrected chi connectivity index (χ2v) is 16.3. The van der Waals surface area contributed by atoms with Crippen LogP contribution in [0.25, 0.3) is 0 Å². The number of halogens is 1. The van der Waals surface area contributed by atoms with Crippen LogP contribution in [0.4, 0.5) is 11.4 Å². The third-order valence-electron chi connectivity index (χ3n) is 11.6. The Morgan fingerprint density at radius 1 is 0.636 bits per heavy atom. The number of unbranched alkanes of at least 4 members (excludes halogenated alkanes) is 5. The average molecular weight is 771 g/mol. The van der Waals surface area contributed by atoms with Crippen molar-refractivity contribution in [3.8, 4) is 17.2 Å². The van der Waals surface area contributed by atoms with Crippen molar-refractivity contribution in [3.05, 3.63) is 77.3 Å². The number of rotatable bonds is 20. The molecule has 0 spiro atoms. The summed E-state index contributed by atoms with van der Waals surface area (Å²) in [5, 5.41) is 9.78. The zero-order valence-corrected chi connectivity index (χ0v) is 34.2. The maximum atomic E-state index is 13.4. The molecular weight excluding hydrogens is 708 g/mol. The lowest BCUT2D eigenvalue weighted by Crippen LogP contribution is -2.25. The number of esters is 2. The molecule has 0 amide bonds. The first-order valence-corrected chi connectivity index (χ1v) is 21.7. The first-order chi connectivity index (χ1) is 26.8. The highest BCUT2D eigenvalue weighted by molar-refractivity contribution is 6.30. The molecule has 0 bridgehead atoms. The van der Waals surface area contributed by atoms with Crippen LogP contribution in [-0.2, 0) is 9.59 Å². The Balaban J connectivity index is 1.25. The monoisotopic (exact) mass is 770 g/mol. The molecule has 2 saturated carbocycles. The van der Waals surface area contributed by atoms with E-state index in [1.54, 1.807) is 42.5 Å². The molecule has 2 aliphatic carbocycles. The minimum Gasteiger partial charge on any atom is -0.483 e. The standard InChI is InChI=1S/C47H63ClN2O5/c1-4-7-10-12-34-15-19-37(20-16-34)46(51)53-41-29-27-40(28-30-41)49-50-43-32-31-42(54-47(52)38-21-17-35(18-22-38)13-11-8-5-2)33-45(43)55-44(14-9-6-3)36-23-25-39(48)26-24-36/h23-35,37-38,44H,4-22H2,1-3H3. The molecule has 0 saturated heterocycles. The molecule has 2 aliphatic rings. The van der Waals surface area contributed by atoms with Crippen LogP contribution in [0.15, 0.2) is 77.0 Å². The Bertz CT molecular complexity index is 1630. The Hall–Kier alpha value is -3.71. The van der Waals surface area contributed by atoms with E-state index in [4.69, 9.17) is 25.8 Å². The Morgan fingerprint density at radius 3 is 1.71 bits per heavy atom. The van der Waals surface area contributed by atoms with Gasteiger partial charge in [-0.15, -0.1) is 5.11 Å². The van der Waals surface area contributed by atoms with E-state index in [0.717, 1.165) is 82.1 Å². The van der Waals surface area contributed by atoms with Gasteiger partial charge in [0.2, 0.25) is 0 Å². The van der Waals surface area contributed by atoms with Gasteiger partial charge in [0.25, 0.3) is 0 Å². The van der Waals surface area contributed by atoms with Crippen LogP contribution < -0.4 is 14.2 Å². The lowest BCUT2D eigenvalue weighted by Gasteiger charge is -2.27. The van der Waals surface area contributed by atoms with E-state index in [2.05, 4.69) is 31.0 Å². The van der Waals surface area contributed by atoms with Crippen molar-refractivity contribution in [2.45, 2.75) is 149 Å². The van der Waals surface area contributed by atoms with Crippen molar-refractivity contribution in [2.75, 3.05) is 0 Å². The van der Waals surface area contributed by atoms with E-state index < -0.39 is 0 Å². The molecule has 0 aliphatic heterocycles. The molecule has 1 atom stereocenters. The van der Waals surface area contributed by atoms with Gasteiger partial charge >= 0.3 is 11.9 Å². The smallest absolute Gasteiger partial charge is 0.314 e. The highest BCUT2D eigenvalue weighted by atomic mass is 35.5. The van der Waals surface area contributed by atoms with Crippen LogP contribution in [0.2, 0.25) is 5.02 Å². The van der Waals surface area contributed by atoms with E-state index in [1.165, 1.54) is 51.4 Å². The largest absolute Gasteiger partial charge is 0.483 e. The highest BCUT2D eigenvalue weighted by Gasteiger charge is 2.29. The third-order valence-corrected chi connectivity index (χ3v) is 11.9. The van der Waals surface area contributed by atoms with Crippen LogP contribution in [0.5, 0.6) is 17.2 Å². The molecular formula is C47H63ClN2O5. The molecule has 55 heavy (non-hydrogen) atoms. The van der Waals surface area contributed by atoms with Gasteiger partial charge in [0.1, 0.15) is 23.3 Å². The fraction of sp³-hybridized carbons (Fsp3) is 0.574. The van der Waals surface area contributed by atoms with Crippen LogP contribution in [0.3, 0.4) is 0 Å². The van der Waals surface area contributed by atoms with Crippen LogP contribution in [0, 0.1) is 23.7 Å².